The predicted octanol–water partition coefficient (Wildman–Crippen LogP) is 2.22. The molecule has 1 unspecified atom stereocenters. The standard InChI is InChI=1S/C18H23N5O2S/c24-15(23-10-6-18(13-23)5-1-7-20-12-18)4-11-26-17-22-21-16(25-17)14-2-8-19-9-3-14/h2-3,8-9,20H,1,4-7,10-13H2. The van der Waals surface area contributed by atoms with E-state index in [-0.39, 0.29) is 5.91 Å². The van der Waals surface area contributed by atoms with Crippen LogP contribution < -0.4 is 5.32 Å². The van der Waals surface area contributed by atoms with Crippen molar-refractivity contribution in [3.63, 3.8) is 0 Å². The van der Waals surface area contributed by atoms with Crippen LogP contribution in [0, 0.1) is 5.41 Å². The van der Waals surface area contributed by atoms with Gasteiger partial charge in [-0.2, -0.15) is 0 Å². The topological polar surface area (TPSA) is 84.1 Å². The molecule has 1 atom stereocenters. The number of rotatable bonds is 5. The minimum atomic E-state index is 0.230. The first-order valence-corrected chi connectivity index (χ1v) is 10.1. The molecule has 2 aromatic rings. The number of piperidine rings is 1. The smallest absolute Gasteiger partial charge is 0.276 e. The second-order valence-electron chi connectivity index (χ2n) is 7.05. The third-order valence-corrected chi connectivity index (χ3v) is 6.05. The minimum absolute atomic E-state index is 0.230. The van der Waals surface area contributed by atoms with Crippen molar-refractivity contribution in [2.24, 2.45) is 5.41 Å². The van der Waals surface area contributed by atoms with E-state index in [4.69, 9.17) is 4.42 Å². The Morgan fingerprint density at radius 3 is 3.00 bits per heavy atom. The van der Waals surface area contributed by atoms with E-state index in [1.807, 2.05) is 17.0 Å². The number of carbonyl (C=O) groups is 1. The van der Waals surface area contributed by atoms with Crippen molar-refractivity contribution in [2.45, 2.75) is 30.9 Å². The van der Waals surface area contributed by atoms with Gasteiger partial charge in [-0.3, -0.25) is 9.78 Å². The minimum Gasteiger partial charge on any atom is -0.411 e. The Morgan fingerprint density at radius 2 is 2.19 bits per heavy atom. The van der Waals surface area contributed by atoms with Crippen molar-refractivity contribution in [2.75, 3.05) is 31.9 Å². The van der Waals surface area contributed by atoms with Crippen molar-refractivity contribution in [1.29, 1.82) is 0 Å². The molecule has 2 aromatic heterocycles. The van der Waals surface area contributed by atoms with Gasteiger partial charge in [0.25, 0.3) is 5.22 Å². The molecule has 0 bridgehead atoms. The number of thioether (sulfide) groups is 1. The second kappa shape index (κ2) is 7.75. The molecule has 1 spiro atoms. The summed E-state index contributed by atoms with van der Waals surface area (Å²) in [6.45, 7) is 3.94. The Hall–Kier alpha value is -1.93. The maximum absolute atomic E-state index is 12.5. The van der Waals surface area contributed by atoms with E-state index in [2.05, 4.69) is 20.5 Å². The zero-order valence-electron chi connectivity index (χ0n) is 14.7. The van der Waals surface area contributed by atoms with Crippen LogP contribution in [0.3, 0.4) is 0 Å². The van der Waals surface area contributed by atoms with Crippen molar-refractivity contribution in [1.82, 2.24) is 25.4 Å². The highest BCUT2D eigenvalue weighted by Crippen LogP contribution is 2.36. The molecule has 138 valence electrons. The molecule has 1 amide bonds. The van der Waals surface area contributed by atoms with E-state index >= 15 is 0 Å². The zero-order chi connectivity index (χ0) is 17.8. The van der Waals surface area contributed by atoms with Crippen LogP contribution in [-0.4, -0.2) is 57.9 Å². The lowest BCUT2D eigenvalue weighted by Gasteiger charge is -2.33. The maximum Gasteiger partial charge on any atom is 0.276 e. The summed E-state index contributed by atoms with van der Waals surface area (Å²) < 4.78 is 5.65. The molecule has 2 saturated heterocycles. The third-order valence-electron chi connectivity index (χ3n) is 5.23. The molecule has 26 heavy (non-hydrogen) atoms. The summed E-state index contributed by atoms with van der Waals surface area (Å²) in [4.78, 5) is 18.5. The number of nitrogens with one attached hydrogen (secondary N) is 1. The highest BCUT2D eigenvalue weighted by Gasteiger charge is 2.40. The van der Waals surface area contributed by atoms with Crippen LogP contribution in [0.2, 0.25) is 0 Å². The SMILES string of the molecule is O=C(CCSc1nnc(-c2ccncc2)o1)N1CCC2(CCCNC2)C1. The largest absolute Gasteiger partial charge is 0.411 e. The third kappa shape index (κ3) is 3.91. The lowest BCUT2D eigenvalue weighted by molar-refractivity contribution is -0.130. The van der Waals surface area contributed by atoms with Gasteiger partial charge >= 0.3 is 0 Å². The summed E-state index contributed by atoms with van der Waals surface area (Å²) in [5, 5.41) is 12.1. The molecule has 7 nitrogen and oxygen atoms in total. The van der Waals surface area contributed by atoms with Crippen LogP contribution in [0.15, 0.2) is 34.2 Å². The summed E-state index contributed by atoms with van der Waals surface area (Å²) in [6, 6.07) is 3.66. The molecule has 0 aromatic carbocycles. The molecule has 4 heterocycles. The van der Waals surface area contributed by atoms with Crippen LogP contribution in [0.5, 0.6) is 0 Å². The lowest BCUT2D eigenvalue weighted by Crippen LogP contribution is -2.42. The number of carbonyl (C=O) groups excluding carboxylic acids is 1. The van der Waals surface area contributed by atoms with E-state index < -0.39 is 0 Å². The average Bonchev–Trinajstić information content (AvgIpc) is 3.31. The summed E-state index contributed by atoms with van der Waals surface area (Å²) in [5.74, 6) is 1.36. The molecule has 0 aliphatic carbocycles. The van der Waals surface area contributed by atoms with Gasteiger partial charge in [0.05, 0.1) is 0 Å². The fourth-order valence-corrected chi connectivity index (χ4v) is 4.48. The van der Waals surface area contributed by atoms with Crippen LogP contribution in [0.4, 0.5) is 0 Å². The van der Waals surface area contributed by atoms with Gasteiger partial charge in [-0.05, 0) is 37.9 Å². The van der Waals surface area contributed by atoms with Crippen molar-refractivity contribution in [3.05, 3.63) is 24.5 Å². The van der Waals surface area contributed by atoms with Crippen LogP contribution in [-0.2, 0) is 4.79 Å². The monoisotopic (exact) mass is 373 g/mol. The highest BCUT2D eigenvalue weighted by atomic mass is 32.2. The summed E-state index contributed by atoms with van der Waals surface area (Å²) in [7, 11) is 0. The van der Waals surface area contributed by atoms with Crippen LogP contribution >= 0.6 is 11.8 Å². The Morgan fingerprint density at radius 1 is 1.31 bits per heavy atom. The number of hydrogen-bond donors (Lipinski definition) is 1. The highest BCUT2D eigenvalue weighted by molar-refractivity contribution is 7.99. The molecule has 4 rings (SSSR count). The number of hydrogen-bond acceptors (Lipinski definition) is 7. The first-order valence-electron chi connectivity index (χ1n) is 9.09. The molecule has 2 fully saturated rings. The van der Waals surface area contributed by atoms with Gasteiger partial charge in [-0.15, -0.1) is 10.2 Å². The molecule has 0 saturated carbocycles. The van der Waals surface area contributed by atoms with Gasteiger partial charge in [0.2, 0.25) is 11.8 Å². The molecule has 2 aliphatic heterocycles. The number of pyridine rings is 1. The quantitative estimate of drug-likeness (QED) is 0.805. The van der Waals surface area contributed by atoms with Gasteiger partial charge in [-0.25, -0.2) is 0 Å². The molecular weight excluding hydrogens is 350 g/mol. The molecule has 8 heteroatoms. The molecular formula is C18H23N5O2S. The summed E-state index contributed by atoms with van der Waals surface area (Å²) in [6.07, 6.45) is 7.46. The Balaban J connectivity index is 1.25. The van der Waals surface area contributed by atoms with Gasteiger partial charge in [0.15, 0.2) is 0 Å². The van der Waals surface area contributed by atoms with Gasteiger partial charge in [0.1, 0.15) is 0 Å². The number of nitrogens with zero attached hydrogens (tertiary/aromatic N) is 4. The summed E-state index contributed by atoms with van der Waals surface area (Å²) >= 11 is 1.43. The van der Waals surface area contributed by atoms with Gasteiger partial charge < -0.3 is 14.6 Å². The van der Waals surface area contributed by atoms with Crippen molar-refractivity contribution in [3.8, 4) is 11.5 Å². The lowest BCUT2D eigenvalue weighted by atomic mass is 9.80. The van der Waals surface area contributed by atoms with E-state index in [0.29, 0.717) is 28.7 Å². The van der Waals surface area contributed by atoms with Crippen LogP contribution in [0.1, 0.15) is 25.7 Å². The predicted molar refractivity (Wildman–Crippen MR) is 98.6 cm³/mol. The fourth-order valence-electron chi connectivity index (χ4n) is 3.79. The van der Waals surface area contributed by atoms with Crippen molar-refractivity contribution < 1.29 is 9.21 Å². The first kappa shape index (κ1) is 17.5. The van der Waals surface area contributed by atoms with E-state index in [1.165, 1.54) is 24.6 Å². The normalized spacial score (nSPS) is 22.8. The first-order chi connectivity index (χ1) is 12.7. The van der Waals surface area contributed by atoms with Crippen LogP contribution in [0.25, 0.3) is 11.5 Å². The van der Waals surface area contributed by atoms with E-state index in [9.17, 15) is 4.79 Å². The van der Waals surface area contributed by atoms with Crippen molar-refractivity contribution >= 4 is 17.7 Å². The summed E-state index contributed by atoms with van der Waals surface area (Å²) in [5.41, 5.74) is 1.16. The Labute approximate surface area is 157 Å². The zero-order valence-corrected chi connectivity index (χ0v) is 15.5. The fraction of sp³-hybridized carbons (Fsp3) is 0.556. The Bertz CT molecular complexity index is 745. The number of likely N-dealkylation sites (tertiary alicyclic amines) is 1. The Kier molecular flexibility index (Phi) is 5.21. The van der Waals surface area contributed by atoms with Gasteiger partial charge in [-0.1, -0.05) is 11.8 Å². The van der Waals surface area contributed by atoms with E-state index in [1.54, 1.807) is 12.4 Å². The molecule has 2 aliphatic rings. The molecule has 0 radical (unpaired) electrons. The van der Waals surface area contributed by atoms with E-state index in [0.717, 1.165) is 38.2 Å². The second-order valence-corrected chi connectivity index (χ2v) is 8.10. The maximum atomic E-state index is 12.5. The van der Waals surface area contributed by atoms with Gasteiger partial charge in [0, 0.05) is 55.2 Å². The molecule has 1 N–H and O–H groups in total. The number of aromatic nitrogens is 3. The average molecular weight is 373 g/mol. The number of amides is 1.